The molecule has 60 heavy (non-hydrogen) atoms. The summed E-state index contributed by atoms with van der Waals surface area (Å²) in [7, 11) is 0. The molecular formula is C54H30N4OS. The molecule has 0 bridgehead atoms. The third-order valence-electron chi connectivity index (χ3n) is 11.5. The zero-order valence-corrected chi connectivity index (χ0v) is 32.7. The summed E-state index contributed by atoms with van der Waals surface area (Å²) in [5, 5.41) is 9.09. The third kappa shape index (κ3) is 5.56. The fraction of sp³-hybridized carbons (Fsp3) is 0. The second kappa shape index (κ2) is 13.6. The Hall–Kier alpha value is -7.98. The van der Waals surface area contributed by atoms with Crippen molar-refractivity contribution in [3.63, 3.8) is 0 Å². The van der Waals surface area contributed by atoms with Gasteiger partial charge in [-0.25, -0.2) is 19.8 Å². The molecule has 12 rings (SSSR count). The summed E-state index contributed by atoms with van der Waals surface area (Å²) in [4.78, 5) is 18.9. The van der Waals surface area contributed by atoms with E-state index in [1.54, 1.807) is 11.3 Å². The molecule has 0 fully saturated rings. The molecule has 0 atom stereocenters. The predicted octanol–water partition coefficient (Wildman–Crippen LogP) is 15.3. The summed E-state index contributed by atoms with van der Waals surface area (Å²) in [6.45, 7) is 7.56. The Balaban J connectivity index is 1.01. The molecule has 0 aliphatic rings. The van der Waals surface area contributed by atoms with Gasteiger partial charge in [-0.05, 0) is 80.9 Å². The average molecular weight is 783 g/mol. The molecule has 9 aromatic carbocycles. The highest BCUT2D eigenvalue weighted by Crippen LogP contribution is 2.44. The van der Waals surface area contributed by atoms with E-state index in [-0.39, 0.29) is 0 Å². The highest BCUT2D eigenvalue weighted by atomic mass is 32.1. The Morgan fingerprint density at radius 2 is 0.933 bits per heavy atom. The highest BCUT2D eigenvalue weighted by molar-refractivity contribution is 7.25. The number of furan rings is 1. The second-order valence-electron chi connectivity index (χ2n) is 15.0. The minimum absolute atomic E-state index is 0.612. The summed E-state index contributed by atoms with van der Waals surface area (Å²) in [6.07, 6.45) is 0. The molecule has 0 N–H and O–H groups in total. The zero-order valence-electron chi connectivity index (χ0n) is 31.9. The van der Waals surface area contributed by atoms with Crippen molar-refractivity contribution in [3.05, 3.63) is 193 Å². The van der Waals surface area contributed by atoms with Crippen LogP contribution in [0.2, 0.25) is 0 Å². The van der Waals surface area contributed by atoms with Crippen molar-refractivity contribution in [2.24, 2.45) is 0 Å². The maximum Gasteiger partial charge on any atom is 0.187 e. The van der Waals surface area contributed by atoms with E-state index in [1.165, 1.54) is 20.2 Å². The minimum Gasteiger partial charge on any atom is -0.455 e. The largest absolute Gasteiger partial charge is 0.455 e. The number of thiophene rings is 1. The van der Waals surface area contributed by atoms with E-state index in [2.05, 4.69) is 126 Å². The maximum atomic E-state index is 7.56. The van der Waals surface area contributed by atoms with E-state index in [0.29, 0.717) is 23.2 Å². The zero-order chi connectivity index (χ0) is 39.7. The number of benzene rings is 9. The number of aromatic nitrogens is 3. The number of hydrogen-bond acceptors (Lipinski definition) is 5. The Morgan fingerprint density at radius 3 is 1.73 bits per heavy atom. The van der Waals surface area contributed by atoms with Crippen LogP contribution in [0.4, 0.5) is 5.69 Å². The van der Waals surface area contributed by atoms with Crippen LogP contribution in [0.1, 0.15) is 0 Å². The van der Waals surface area contributed by atoms with Gasteiger partial charge in [0.25, 0.3) is 0 Å². The van der Waals surface area contributed by atoms with E-state index in [4.69, 9.17) is 25.9 Å². The number of rotatable bonds is 5. The van der Waals surface area contributed by atoms with Gasteiger partial charge in [0, 0.05) is 53.0 Å². The predicted molar refractivity (Wildman–Crippen MR) is 248 cm³/mol. The molecule has 0 saturated heterocycles. The van der Waals surface area contributed by atoms with Gasteiger partial charge >= 0.3 is 0 Å². The Kier molecular flexibility index (Phi) is 7.71. The lowest BCUT2D eigenvalue weighted by Crippen LogP contribution is -2.00. The van der Waals surface area contributed by atoms with Crippen molar-refractivity contribution >= 4 is 80.7 Å². The minimum atomic E-state index is 0.612. The quantitative estimate of drug-likeness (QED) is 0.129. The molecule has 5 nitrogen and oxygen atoms in total. The van der Waals surface area contributed by atoms with Crippen LogP contribution in [0.3, 0.4) is 0 Å². The molecule has 0 saturated carbocycles. The van der Waals surface area contributed by atoms with E-state index in [9.17, 15) is 0 Å². The molecule has 0 amide bonds. The van der Waals surface area contributed by atoms with Crippen molar-refractivity contribution in [1.82, 2.24) is 15.0 Å². The van der Waals surface area contributed by atoms with Crippen molar-refractivity contribution in [3.8, 4) is 56.4 Å². The average Bonchev–Trinajstić information content (AvgIpc) is 3.90. The number of para-hydroxylation sites is 1. The second-order valence-corrected chi connectivity index (χ2v) is 16.1. The lowest BCUT2D eigenvalue weighted by Gasteiger charge is -2.12. The normalized spacial score (nSPS) is 11.7. The number of hydrogen-bond donors (Lipinski definition) is 0. The monoisotopic (exact) mass is 782 g/mol. The van der Waals surface area contributed by atoms with Crippen LogP contribution in [0.25, 0.3) is 125 Å². The van der Waals surface area contributed by atoms with Crippen LogP contribution in [-0.4, -0.2) is 15.0 Å². The summed E-state index contributed by atoms with van der Waals surface area (Å²) < 4.78 is 9.19. The Labute approximate surface area is 348 Å². The van der Waals surface area contributed by atoms with Crippen LogP contribution in [0, 0.1) is 6.57 Å². The molecule has 0 spiro atoms. The molecule has 12 aromatic rings. The van der Waals surface area contributed by atoms with E-state index in [1.807, 2.05) is 60.7 Å². The van der Waals surface area contributed by atoms with Gasteiger partial charge in [0.05, 0.1) is 6.57 Å². The lowest BCUT2D eigenvalue weighted by molar-refractivity contribution is 0.673. The molecule has 0 aliphatic heterocycles. The summed E-state index contributed by atoms with van der Waals surface area (Å²) >= 11 is 1.79. The first-order valence-electron chi connectivity index (χ1n) is 19.8. The van der Waals surface area contributed by atoms with Crippen molar-refractivity contribution < 1.29 is 4.42 Å². The number of nitrogens with zero attached hydrogens (tertiary/aromatic N) is 4. The smallest absolute Gasteiger partial charge is 0.187 e. The summed E-state index contributed by atoms with van der Waals surface area (Å²) in [5.74, 6) is 1.88. The van der Waals surface area contributed by atoms with Gasteiger partial charge in [-0.15, -0.1) is 11.3 Å². The van der Waals surface area contributed by atoms with Crippen LogP contribution in [0.15, 0.2) is 186 Å². The van der Waals surface area contributed by atoms with Gasteiger partial charge in [0.1, 0.15) is 11.2 Å². The van der Waals surface area contributed by atoms with Gasteiger partial charge in [-0.2, -0.15) is 0 Å². The fourth-order valence-corrected chi connectivity index (χ4v) is 9.77. The Bertz CT molecular complexity index is 3750. The molecule has 0 radical (unpaired) electrons. The molecule has 278 valence electrons. The summed E-state index contributed by atoms with van der Waals surface area (Å²) in [6, 6.07) is 63.0. The lowest BCUT2D eigenvalue weighted by atomic mass is 9.92. The van der Waals surface area contributed by atoms with Crippen LogP contribution in [-0.2, 0) is 0 Å². The van der Waals surface area contributed by atoms with Crippen molar-refractivity contribution in [2.45, 2.75) is 0 Å². The molecular weight excluding hydrogens is 753 g/mol. The number of fused-ring (bicyclic) bond motifs is 11. The maximum absolute atomic E-state index is 7.56. The molecule has 3 heterocycles. The first-order chi connectivity index (χ1) is 29.6. The molecule has 3 aromatic heterocycles. The van der Waals surface area contributed by atoms with Crippen molar-refractivity contribution in [1.29, 1.82) is 0 Å². The molecule has 0 aliphatic carbocycles. The first-order valence-corrected chi connectivity index (χ1v) is 20.6. The Morgan fingerprint density at radius 1 is 0.383 bits per heavy atom. The third-order valence-corrected chi connectivity index (χ3v) is 12.6. The van der Waals surface area contributed by atoms with Gasteiger partial charge in [0.15, 0.2) is 23.2 Å². The summed E-state index contributed by atoms with van der Waals surface area (Å²) in [5.41, 5.74) is 9.29. The fourth-order valence-electron chi connectivity index (χ4n) is 8.62. The SMILES string of the molecule is [C-]#[N+]c1cccc(-c2ccc3c4ccc(-c5cccc(-c6nc(-c7ccccc7)nc(-c7ccc8c(c7)sc7ccccc78)n6)c5)cc4c4oc5ccccc5c4c3c2)c1. The van der Waals surface area contributed by atoms with Gasteiger partial charge < -0.3 is 4.42 Å². The first kappa shape index (κ1) is 34.1. The van der Waals surface area contributed by atoms with Crippen molar-refractivity contribution in [2.75, 3.05) is 0 Å². The standard InChI is InChI=1S/C54H30N4OS/c1-55-39-16-10-14-34(28-39)35-21-24-40-41-25-22-36(30-46(41)51-50(45(40)29-35)44-18-5-7-19-47(44)59-51)33-13-9-15-37(27-33)53-56-52(32-11-3-2-4-12-32)57-54(58-53)38-23-26-43-42-17-6-8-20-48(42)60-49(43)31-38/h2-31H. The topological polar surface area (TPSA) is 56.2 Å². The van der Waals surface area contributed by atoms with Gasteiger partial charge in [-0.1, -0.05) is 140 Å². The van der Waals surface area contributed by atoms with Gasteiger partial charge in [0.2, 0.25) is 0 Å². The highest BCUT2D eigenvalue weighted by Gasteiger charge is 2.19. The molecule has 6 heteroatoms. The van der Waals surface area contributed by atoms with Crippen LogP contribution in [0.5, 0.6) is 0 Å². The van der Waals surface area contributed by atoms with Crippen LogP contribution < -0.4 is 0 Å². The van der Waals surface area contributed by atoms with E-state index >= 15 is 0 Å². The van der Waals surface area contributed by atoms with E-state index < -0.39 is 0 Å². The van der Waals surface area contributed by atoms with E-state index in [0.717, 1.165) is 82.4 Å². The van der Waals surface area contributed by atoms with Gasteiger partial charge in [-0.3, -0.25) is 0 Å². The molecule has 0 unspecified atom stereocenters. The van der Waals surface area contributed by atoms with Crippen LogP contribution >= 0.6 is 11.3 Å².